The normalized spacial score (nSPS) is 14.3. The molecule has 1 aromatic carbocycles. The smallest absolute Gasteiger partial charge is 0.152 e. The molecule has 0 amide bonds. The van der Waals surface area contributed by atoms with Crippen molar-refractivity contribution in [2.45, 2.75) is 17.7 Å². The van der Waals surface area contributed by atoms with Crippen LogP contribution >= 0.6 is 11.8 Å². The lowest BCUT2D eigenvalue weighted by Crippen LogP contribution is -2.36. The van der Waals surface area contributed by atoms with Crippen molar-refractivity contribution < 1.29 is 4.74 Å². The fourth-order valence-electron chi connectivity index (χ4n) is 2.95. The number of aromatic amines is 1. The van der Waals surface area contributed by atoms with E-state index in [1.807, 2.05) is 19.1 Å². The van der Waals surface area contributed by atoms with Crippen molar-refractivity contribution in [1.29, 1.82) is 0 Å². The van der Waals surface area contributed by atoms with Gasteiger partial charge in [-0.25, -0.2) is 4.98 Å². The van der Waals surface area contributed by atoms with Crippen molar-refractivity contribution >= 4 is 29.1 Å². The van der Waals surface area contributed by atoms with E-state index in [0.717, 1.165) is 60.1 Å². The Morgan fingerprint density at radius 2 is 1.96 bits per heavy atom. The third-order valence-electron chi connectivity index (χ3n) is 4.33. The van der Waals surface area contributed by atoms with Crippen LogP contribution in [0.25, 0.3) is 0 Å². The monoisotopic (exact) mass is 381 g/mol. The minimum absolute atomic E-state index is 0.740. The number of morpholine rings is 1. The molecular weight excluding hydrogens is 358 g/mol. The first-order chi connectivity index (χ1) is 13.3. The van der Waals surface area contributed by atoms with Gasteiger partial charge in [-0.1, -0.05) is 30.3 Å². The average molecular weight is 382 g/mol. The topological polar surface area (TPSA) is 66.1 Å². The molecule has 27 heavy (non-hydrogen) atoms. The fraction of sp³-hybridized carbons (Fsp3) is 0.300. The minimum Gasteiger partial charge on any atom is -0.378 e. The summed E-state index contributed by atoms with van der Waals surface area (Å²) in [5.41, 5.74) is 3.31. The molecule has 1 saturated heterocycles. The Balaban J connectivity index is 1.57. The molecule has 0 aliphatic carbocycles. The van der Waals surface area contributed by atoms with Gasteiger partial charge in [0.15, 0.2) is 5.82 Å². The Labute approximate surface area is 163 Å². The number of nitrogens with zero attached hydrogens (tertiary/aromatic N) is 3. The Bertz CT molecular complexity index is 877. The van der Waals surface area contributed by atoms with Gasteiger partial charge in [0.1, 0.15) is 10.8 Å². The highest BCUT2D eigenvalue weighted by Gasteiger charge is 2.15. The lowest BCUT2D eigenvalue weighted by Gasteiger charge is -2.28. The van der Waals surface area contributed by atoms with Crippen molar-refractivity contribution in [1.82, 2.24) is 15.2 Å². The van der Waals surface area contributed by atoms with Crippen LogP contribution < -0.4 is 10.2 Å². The van der Waals surface area contributed by atoms with E-state index in [1.54, 1.807) is 11.8 Å². The zero-order valence-corrected chi connectivity index (χ0v) is 16.1. The van der Waals surface area contributed by atoms with Crippen LogP contribution in [-0.2, 0) is 10.5 Å². The van der Waals surface area contributed by atoms with E-state index in [0.29, 0.717) is 0 Å². The van der Waals surface area contributed by atoms with Crippen LogP contribution in [0.5, 0.6) is 0 Å². The van der Waals surface area contributed by atoms with Crippen LogP contribution in [0.15, 0.2) is 53.6 Å². The number of thioether (sulfide) groups is 1. The zero-order valence-electron chi connectivity index (χ0n) is 15.3. The number of hydrogen-bond acceptors (Lipinski definition) is 6. The number of aromatic nitrogens is 3. The van der Waals surface area contributed by atoms with E-state index in [4.69, 9.17) is 9.72 Å². The number of benzene rings is 1. The maximum absolute atomic E-state index is 5.48. The number of aryl methyl sites for hydroxylation is 1. The van der Waals surface area contributed by atoms with Crippen molar-refractivity contribution in [2.75, 3.05) is 36.5 Å². The molecule has 2 N–H and O–H groups in total. The molecule has 4 rings (SSSR count). The van der Waals surface area contributed by atoms with Gasteiger partial charge in [-0.2, -0.15) is 5.10 Å². The maximum atomic E-state index is 5.48. The standard InChI is InChI=1S/C20H23N5OS/c1-15-11-18(24-23-15)21-17-12-19(25-7-9-26-10-8-25)22-20(13-17)27-14-16-5-3-2-4-6-16/h2-6,11-13H,7-10,14H2,1H3,(H2,21,22,23,24). The first-order valence-corrected chi connectivity index (χ1v) is 10.1. The molecule has 0 atom stereocenters. The zero-order chi connectivity index (χ0) is 18.5. The van der Waals surface area contributed by atoms with E-state index in [2.05, 4.69) is 56.8 Å². The molecule has 7 heteroatoms. The highest BCUT2D eigenvalue weighted by molar-refractivity contribution is 7.98. The second-order valence-electron chi connectivity index (χ2n) is 6.49. The molecule has 1 fully saturated rings. The van der Waals surface area contributed by atoms with Crippen LogP contribution in [-0.4, -0.2) is 41.5 Å². The first-order valence-electron chi connectivity index (χ1n) is 9.07. The molecule has 0 unspecified atom stereocenters. The number of nitrogens with one attached hydrogen (secondary N) is 2. The molecule has 3 aromatic rings. The number of H-pyrrole nitrogens is 1. The number of ether oxygens (including phenoxy) is 1. The van der Waals surface area contributed by atoms with Gasteiger partial charge in [0.05, 0.1) is 13.2 Å². The predicted octanol–water partition coefficient (Wildman–Crippen LogP) is 3.99. The Hall–Kier alpha value is -2.51. The summed E-state index contributed by atoms with van der Waals surface area (Å²) in [5, 5.41) is 11.6. The number of hydrogen-bond donors (Lipinski definition) is 2. The predicted molar refractivity (Wildman–Crippen MR) is 110 cm³/mol. The summed E-state index contributed by atoms with van der Waals surface area (Å²) in [6.07, 6.45) is 0. The van der Waals surface area contributed by atoms with Crippen LogP contribution in [0.4, 0.5) is 17.3 Å². The lowest BCUT2D eigenvalue weighted by molar-refractivity contribution is 0.122. The summed E-state index contributed by atoms with van der Waals surface area (Å²) in [6.45, 7) is 5.20. The third kappa shape index (κ3) is 4.81. The van der Waals surface area contributed by atoms with Gasteiger partial charge in [0.25, 0.3) is 0 Å². The second-order valence-corrected chi connectivity index (χ2v) is 7.48. The van der Waals surface area contributed by atoms with Gasteiger partial charge in [-0.15, -0.1) is 11.8 Å². The molecule has 0 saturated carbocycles. The lowest BCUT2D eigenvalue weighted by atomic mass is 10.2. The molecule has 0 bridgehead atoms. The van der Waals surface area contributed by atoms with E-state index < -0.39 is 0 Å². The molecule has 140 valence electrons. The highest BCUT2D eigenvalue weighted by Crippen LogP contribution is 2.29. The summed E-state index contributed by atoms with van der Waals surface area (Å²) in [6, 6.07) is 16.6. The number of pyridine rings is 1. The van der Waals surface area contributed by atoms with Gasteiger partial charge in [0, 0.05) is 42.4 Å². The van der Waals surface area contributed by atoms with Gasteiger partial charge < -0.3 is 15.0 Å². The van der Waals surface area contributed by atoms with Crippen LogP contribution in [0.2, 0.25) is 0 Å². The molecule has 3 heterocycles. The van der Waals surface area contributed by atoms with E-state index in [9.17, 15) is 0 Å². The summed E-state index contributed by atoms with van der Waals surface area (Å²) >= 11 is 1.74. The minimum atomic E-state index is 0.740. The van der Waals surface area contributed by atoms with Crippen LogP contribution in [0.3, 0.4) is 0 Å². The Kier molecular flexibility index (Phi) is 5.60. The Morgan fingerprint density at radius 3 is 2.70 bits per heavy atom. The molecule has 1 aliphatic heterocycles. The van der Waals surface area contributed by atoms with E-state index >= 15 is 0 Å². The molecule has 2 aromatic heterocycles. The number of rotatable bonds is 6. The molecular formula is C20H23N5OS. The van der Waals surface area contributed by atoms with Crippen molar-refractivity contribution in [2.24, 2.45) is 0 Å². The van der Waals surface area contributed by atoms with Gasteiger partial charge >= 0.3 is 0 Å². The maximum Gasteiger partial charge on any atom is 0.152 e. The summed E-state index contributed by atoms with van der Waals surface area (Å²) in [5.74, 6) is 2.68. The summed E-state index contributed by atoms with van der Waals surface area (Å²) < 4.78 is 5.48. The summed E-state index contributed by atoms with van der Waals surface area (Å²) in [7, 11) is 0. The van der Waals surface area contributed by atoms with Crippen molar-refractivity contribution in [3.05, 3.63) is 59.8 Å². The van der Waals surface area contributed by atoms with Crippen molar-refractivity contribution in [3.63, 3.8) is 0 Å². The quantitative estimate of drug-likeness (QED) is 0.630. The van der Waals surface area contributed by atoms with Gasteiger partial charge in [-0.3, -0.25) is 5.10 Å². The average Bonchev–Trinajstić information content (AvgIpc) is 3.12. The van der Waals surface area contributed by atoms with E-state index in [-0.39, 0.29) is 0 Å². The third-order valence-corrected chi connectivity index (χ3v) is 5.31. The van der Waals surface area contributed by atoms with Gasteiger partial charge in [0.2, 0.25) is 0 Å². The first kappa shape index (κ1) is 17.9. The van der Waals surface area contributed by atoms with Crippen LogP contribution in [0, 0.1) is 6.92 Å². The summed E-state index contributed by atoms with van der Waals surface area (Å²) in [4.78, 5) is 7.16. The highest BCUT2D eigenvalue weighted by atomic mass is 32.2. The van der Waals surface area contributed by atoms with E-state index in [1.165, 1.54) is 5.56 Å². The van der Waals surface area contributed by atoms with Gasteiger partial charge in [-0.05, 0) is 18.6 Å². The molecule has 1 aliphatic rings. The van der Waals surface area contributed by atoms with Crippen LogP contribution in [0.1, 0.15) is 11.3 Å². The molecule has 0 radical (unpaired) electrons. The SMILES string of the molecule is Cc1cc(Nc2cc(SCc3ccccc3)nc(N3CCOCC3)c2)n[nH]1. The fourth-order valence-corrected chi connectivity index (χ4v) is 3.83. The molecule has 6 nitrogen and oxygen atoms in total. The largest absolute Gasteiger partial charge is 0.378 e. The Morgan fingerprint density at radius 1 is 1.15 bits per heavy atom. The number of anilines is 3. The van der Waals surface area contributed by atoms with Crippen molar-refractivity contribution in [3.8, 4) is 0 Å². The molecule has 0 spiro atoms. The second kappa shape index (κ2) is 8.45.